The maximum atomic E-state index is 13.6. The first-order valence-corrected chi connectivity index (χ1v) is 12.2. The van der Waals surface area contributed by atoms with E-state index < -0.39 is 0 Å². The highest BCUT2D eigenvalue weighted by atomic mass is 35.5. The summed E-state index contributed by atoms with van der Waals surface area (Å²) < 4.78 is 1.77. The van der Waals surface area contributed by atoms with Gasteiger partial charge in [-0.2, -0.15) is 5.10 Å². The van der Waals surface area contributed by atoms with Crippen molar-refractivity contribution >= 4 is 17.5 Å². The van der Waals surface area contributed by atoms with Crippen LogP contribution in [0.2, 0.25) is 5.02 Å². The third-order valence-electron chi connectivity index (χ3n) is 6.66. The lowest BCUT2D eigenvalue weighted by Crippen LogP contribution is -2.50. The van der Waals surface area contributed by atoms with Gasteiger partial charge in [-0.15, -0.1) is 0 Å². The molecule has 2 aromatic carbocycles. The summed E-state index contributed by atoms with van der Waals surface area (Å²) in [4.78, 5) is 20.6. The number of amides is 1. The number of likely N-dealkylation sites (tertiary alicyclic amines) is 1. The zero-order valence-corrected chi connectivity index (χ0v) is 19.6. The fourth-order valence-electron chi connectivity index (χ4n) is 4.69. The van der Waals surface area contributed by atoms with Gasteiger partial charge >= 0.3 is 0 Å². The van der Waals surface area contributed by atoms with Gasteiger partial charge in [0, 0.05) is 49.9 Å². The van der Waals surface area contributed by atoms with Gasteiger partial charge < -0.3 is 9.80 Å². The number of hydrogen-bond donors (Lipinski definition) is 0. The second kappa shape index (κ2) is 10.1. The molecule has 3 heterocycles. The SMILES string of the molecule is O=C(c1cc(-c2ccc(Cl)cc2)nn1-c1ccccc1)N1CCN(CCN2CCCC2)CC1. The lowest BCUT2D eigenvalue weighted by atomic mass is 10.1. The predicted molar refractivity (Wildman–Crippen MR) is 132 cm³/mol. The largest absolute Gasteiger partial charge is 0.335 e. The fourth-order valence-corrected chi connectivity index (χ4v) is 4.81. The minimum Gasteiger partial charge on any atom is -0.335 e. The van der Waals surface area contributed by atoms with E-state index in [9.17, 15) is 4.79 Å². The van der Waals surface area contributed by atoms with E-state index in [4.69, 9.17) is 16.7 Å². The molecule has 5 rings (SSSR count). The van der Waals surface area contributed by atoms with E-state index in [1.807, 2.05) is 65.6 Å². The number of carbonyl (C=O) groups excluding carboxylic acids is 1. The number of halogens is 1. The van der Waals surface area contributed by atoms with Crippen LogP contribution < -0.4 is 0 Å². The maximum absolute atomic E-state index is 13.6. The number of benzene rings is 2. The molecule has 2 aliphatic rings. The molecule has 0 bridgehead atoms. The first-order valence-electron chi connectivity index (χ1n) is 11.8. The van der Waals surface area contributed by atoms with Crippen LogP contribution in [0.3, 0.4) is 0 Å². The second-order valence-electron chi connectivity index (χ2n) is 8.85. The smallest absolute Gasteiger partial charge is 0.272 e. The van der Waals surface area contributed by atoms with Crippen LogP contribution in [0.25, 0.3) is 16.9 Å². The highest BCUT2D eigenvalue weighted by molar-refractivity contribution is 6.30. The lowest BCUT2D eigenvalue weighted by Gasteiger charge is -2.35. The van der Waals surface area contributed by atoms with Crippen LogP contribution in [0, 0.1) is 0 Å². The molecule has 2 fully saturated rings. The van der Waals surface area contributed by atoms with E-state index in [-0.39, 0.29) is 5.91 Å². The number of para-hydroxylation sites is 1. The normalized spacial score (nSPS) is 17.5. The zero-order valence-electron chi connectivity index (χ0n) is 18.9. The van der Waals surface area contributed by atoms with Crippen molar-refractivity contribution in [3.05, 3.63) is 71.4 Å². The standard InChI is InChI=1S/C26H30ClN5O/c27-22-10-8-21(9-11-22)24-20-25(32(28-24)23-6-2-1-3-7-23)26(33)31-18-16-30(17-19-31)15-14-29-12-4-5-13-29/h1-3,6-11,20H,4-5,12-19H2. The number of carbonyl (C=O) groups is 1. The molecule has 0 atom stereocenters. The summed E-state index contributed by atoms with van der Waals surface area (Å²) in [7, 11) is 0. The quantitative estimate of drug-likeness (QED) is 0.553. The summed E-state index contributed by atoms with van der Waals surface area (Å²) in [6, 6.07) is 19.3. The molecule has 0 saturated carbocycles. The number of rotatable bonds is 6. The Hall–Kier alpha value is -2.67. The van der Waals surface area contributed by atoms with Crippen molar-refractivity contribution in [2.75, 3.05) is 52.4 Å². The zero-order chi connectivity index (χ0) is 22.6. The summed E-state index contributed by atoms with van der Waals surface area (Å²) in [5, 5.41) is 5.48. The topological polar surface area (TPSA) is 44.6 Å². The van der Waals surface area contributed by atoms with E-state index in [1.165, 1.54) is 25.9 Å². The molecule has 1 amide bonds. The van der Waals surface area contributed by atoms with Crippen molar-refractivity contribution in [2.45, 2.75) is 12.8 Å². The van der Waals surface area contributed by atoms with Crippen molar-refractivity contribution in [3.8, 4) is 16.9 Å². The van der Waals surface area contributed by atoms with Gasteiger partial charge in [-0.25, -0.2) is 4.68 Å². The predicted octanol–water partition coefficient (Wildman–Crippen LogP) is 4.05. The summed E-state index contributed by atoms with van der Waals surface area (Å²) in [6.07, 6.45) is 2.66. The average molecular weight is 464 g/mol. The molecule has 0 spiro atoms. The third kappa shape index (κ3) is 5.13. The summed E-state index contributed by atoms with van der Waals surface area (Å²) >= 11 is 6.06. The maximum Gasteiger partial charge on any atom is 0.272 e. The molecule has 3 aromatic rings. The Morgan fingerprint density at radius 1 is 0.818 bits per heavy atom. The number of piperazine rings is 1. The van der Waals surface area contributed by atoms with Gasteiger partial charge in [-0.05, 0) is 56.3 Å². The van der Waals surface area contributed by atoms with Crippen molar-refractivity contribution in [1.82, 2.24) is 24.5 Å². The second-order valence-corrected chi connectivity index (χ2v) is 9.29. The third-order valence-corrected chi connectivity index (χ3v) is 6.91. The van der Waals surface area contributed by atoms with E-state index >= 15 is 0 Å². The molecule has 0 radical (unpaired) electrons. The highest BCUT2D eigenvalue weighted by Gasteiger charge is 2.26. The average Bonchev–Trinajstić information content (AvgIpc) is 3.54. The molecular formula is C26H30ClN5O. The number of hydrogen-bond acceptors (Lipinski definition) is 4. The molecule has 1 aromatic heterocycles. The molecular weight excluding hydrogens is 434 g/mol. The molecule has 33 heavy (non-hydrogen) atoms. The fraction of sp³-hybridized carbons (Fsp3) is 0.385. The van der Waals surface area contributed by atoms with Crippen LogP contribution in [-0.2, 0) is 0 Å². The first kappa shape index (κ1) is 22.1. The Bertz CT molecular complexity index is 1070. The minimum absolute atomic E-state index is 0.0331. The van der Waals surface area contributed by atoms with Gasteiger partial charge in [0.1, 0.15) is 5.69 Å². The molecule has 2 aliphatic heterocycles. The van der Waals surface area contributed by atoms with Gasteiger partial charge in [-0.1, -0.05) is 41.9 Å². The van der Waals surface area contributed by atoms with Crippen LogP contribution in [0.5, 0.6) is 0 Å². The van der Waals surface area contributed by atoms with Gasteiger partial charge in [-0.3, -0.25) is 9.69 Å². The summed E-state index contributed by atoms with van der Waals surface area (Å²) in [5.74, 6) is 0.0331. The number of aromatic nitrogens is 2. The molecule has 0 unspecified atom stereocenters. The molecule has 0 N–H and O–H groups in total. The molecule has 6 nitrogen and oxygen atoms in total. The molecule has 172 valence electrons. The van der Waals surface area contributed by atoms with Gasteiger partial charge in [0.25, 0.3) is 5.91 Å². The molecule has 2 saturated heterocycles. The molecule has 0 aliphatic carbocycles. The van der Waals surface area contributed by atoms with Crippen LogP contribution in [-0.4, -0.2) is 82.7 Å². The van der Waals surface area contributed by atoms with Crippen molar-refractivity contribution < 1.29 is 4.79 Å². The van der Waals surface area contributed by atoms with Gasteiger partial charge in [0.2, 0.25) is 0 Å². The summed E-state index contributed by atoms with van der Waals surface area (Å²) in [5.41, 5.74) is 3.18. The van der Waals surface area contributed by atoms with E-state index in [1.54, 1.807) is 4.68 Å². The van der Waals surface area contributed by atoms with Crippen LogP contribution in [0.15, 0.2) is 60.7 Å². The van der Waals surface area contributed by atoms with Crippen molar-refractivity contribution in [1.29, 1.82) is 0 Å². The molecule has 7 heteroatoms. The van der Waals surface area contributed by atoms with Gasteiger partial charge in [0.05, 0.1) is 11.4 Å². The van der Waals surface area contributed by atoms with E-state index in [2.05, 4.69) is 9.80 Å². The van der Waals surface area contributed by atoms with E-state index in [0.29, 0.717) is 10.7 Å². The van der Waals surface area contributed by atoms with Crippen molar-refractivity contribution in [2.24, 2.45) is 0 Å². The van der Waals surface area contributed by atoms with Crippen LogP contribution in [0.1, 0.15) is 23.3 Å². The Morgan fingerprint density at radius 3 is 2.12 bits per heavy atom. The van der Waals surface area contributed by atoms with Crippen molar-refractivity contribution in [3.63, 3.8) is 0 Å². The Labute approximate surface area is 200 Å². The van der Waals surface area contributed by atoms with Crippen LogP contribution >= 0.6 is 11.6 Å². The Morgan fingerprint density at radius 2 is 1.45 bits per heavy atom. The Balaban J connectivity index is 1.32. The van der Waals surface area contributed by atoms with Crippen LogP contribution in [0.4, 0.5) is 0 Å². The minimum atomic E-state index is 0.0331. The first-order chi connectivity index (χ1) is 16.2. The lowest BCUT2D eigenvalue weighted by molar-refractivity contribution is 0.0618. The monoisotopic (exact) mass is 463 g/mol. The van der Waals surface area contributed by atoms with Gasteiger partial charge in [0.15, 0.2) is 0 Å². The Kier molecular flexibility index (Phi) is 6.76. The highest BCUT2D eigenvalue weighted by Crippen LogP contribution is 2.24. The summed E-state index contributed by atoms with van der Waals surface area (Å²) in [6.45, 7) is 8.02. The van der Waals surface area contributed by atoms with E-state index in [0.717, 1.165) is 56.2 Å². The number of nitrogens with zero attached hydrogens (tertiary/aromatic N) is 5.